The number of nitrogens with zero attached hydrogens (tertiary/aromatic N) is 3. The lowest BCUT2D eigenvalue weighted by Gasteiger charge is -2.33. The van der Waals surface area contributed by atoms with Crippen LogP contribution in [0.5, 0.6) is 0 Å². The molecule has 0 fully saturated rings. The van der Waals surface area contributed by atoms with Gasteiger partial charge in [0, 0.05) is 19.6 Å². The van der Waals surface area contributed by atoms with Crippen molar-refractivity contribution in [3.8, 4) is 0 Å². The third-order valence-electron chi connectivity index (χ3n) is 4.69. The Labute approximate surface area is 160 Å². The van der Waals surface area contributed by atoms with Gasteiger partial charge in [-0.15, -0.1) is 0 Å². The molecule has 0 spiro atoms. The minimum absolute atomic E-state index is 0.0504. The van der Waals surface area contributed by atoms with Crippen LogP contribution in [0.25, 0.3) is 0 Å². The summed E-state index contributed by atoms with van der Waals surface area (Å²) in [6, 6.07) is 31.7. The fraction of sp³-hybridized carbons (Fsp3) is 0.174. The molecule has 1 atom stereocenters. The standard InChI is InChI=1S/C23H24N4/c1-4-10-20(11-5-1)16-26(17-21-12-6-2-7-13-21)23-24-19-25-27(23)18-22-14-8-3-9-15-22/h1-15,19,23H,16-18H2,(H,24,25)/t23-/m0/s1. The topological polar surface area (TPSA) is 30.9 Å². The quantitative estimate of drug-likeness (QED) is 0.694. The van der Waals surface area contributed by atoms with Gasteiger partial charge in [-0.3, -0.25) is 4.90 Å². The maximum Gasteiger partial charge on any atom is 0.177 e. The summed E-state index contributed by atoms with van der Waals surface area (Å²) in [5.74, 6) is 0. The average molecular weight is 356 g/mol. The number of rotatable bonds is 7. The van der Waals surface area contributed by atoms with E-state index in [1.165, 1.54) is 16.7 Å². The molecule has 1 heterocycles. The van der Waals surface area contributed by atoms with Crippen LogP contribution >= 0.6 is 0 Å². The molecule has 0 amide bonds. The second-order valence-electron chi connectivity index (χ2n) is 6.74. The van der Waals surface area contributed by atoms with Crippen molar-refractivity contribution in [1.29, 1.82) is 0 Å². The zero-order valence-electron chi connectivity index (χ0n) is 15.3. The maximum absolute atomic E-state index is 4.72. The van der Waals surface area contributed by atoms with E-state index in [4.69, 9.17) is 4.99 Å². The van der Waals surface area contributed by atoms with Crippen LogP contribution in [0.15, 0.2) is 96.0 Å². The van der Waals surface area contributed by atoms with Crippen molar-refractivity contribution in [1.82, 2.24) is 15.3 Å². The highest BCUT2D eigenvalue weighted by molar-refractivity contribution is 5.55. The Morgan fingerprint density at radius 1 is 0.704 bits per heavy atom. The van der Waals surface area contributed by atoms with Crippen molar-refractivity contribution < 1.29 is 0 Å². The zero-order valence-corrected chi connectivity index (χ0v) is 15.3. The van der Waals surface area contributed by atoms with Crippen molar-refractivity contribution in [3.05, 3.63) is 108 Å². The van der Waals surface area contributed by atoms with Gasteiger partial charge in [0.1, 0.15) is 6.34 Å². The van der Waals surface area contributed by atoms with E-state index in [0.717, 1.165) is 19.6 Å². The van der Waals surface area contributed by atoms with Gasteiger partial charge < -0.3 is 5.43 Å². The Balaban J connectivity index is 1.55. The van der Waals surface area contributed by atoms with E-state index >= 15 is 0 Å². The van der Waals surface area contributed by atoms with Crippen LogP contribution in [-0.4, -0.2) is 22.5 Å². The highest BCUT2D eigenvalue weighted by Crippen LogP contribution is 2.19. The molecule has 4 nitrogen and oxygen atoms in total. The van der Waals surface area contributed by atoms with Crippen molar-refractivity contribution >= 4 is 6.34 Å². The molecule has 4 rings (SSSR count). The second-order valence-corrected chi connectivity index (χ2v) is 6.74. The molecule has 0 saturated carbocycles. The Morgan fingerprint density at radius 2 is 1.19 bits per heavy atom. The van der Waals surface area contributed by atoms with Gasteiger partial charge in [-0.1, -0.05) is 91.0 Å². The summed E-state index contributed by atoms with van der Waals surface area (Å²) in [5, 5.41) is 2.18. The molecule has 1 aliphatic heterocycles. The minimum Gasteiger partial charge on any atom is -0.306 e. The van der Waals surface area contributed by atoms with E-state index in [1.54, 1.807) is 6.34 Å². The Kier molecular flexibility index (Phi) is 5.58. The third kappa shape index (κ3) is 4.61. The summed E-state index contributed by atoms with van der Waals surface area (Å²) < 4.78 is 0. The molecule has 0 bridgehead atoms. The molecule has 3 aromatic rings. The van der Waals surface area contributed by atoms with Gasteiger partial charge in [-0.25, -0.2) is 4.99 Å². The SMILES string of the molecule is C1=N[C@@H](N(Cc2ccccc2)Cc2ccccc2)N(Cc2ccccc2)N1. The van der Waals surface area contributed by atoms with E-state index in [1.807, 2.05) is 6.07 Å². The van der Waals surface area contributed by atoms with Crippen LogP contribution in [0.3, 0.4) is 0 Å². The second kappa shape index (κ2) is 8.62. The van der Waals surface area contributed by atoms with Crippen molar-refractivity contribution in [3.63, 3.8) is 0 Å². The summed E-state index contributed by atoms with van der Waals surface area (Å²) in [7, 11) is 0. The Morgan fingerprint density at radius 3 is 1.70 bits per heavy atom. The summed E-state index contributed by atoms with van der Waals surface area (Å²) >= 11 is 0. The van der Waals surface area contributed by atoms with Crippen LogP contribution < -0.4 is 5.43 Å². The Hall–Kier alpha value is -2.95. The predicted octanol–water partition coefficient (Wildman–Crippen LogP) is 4.02. The first-order valence-corrected chi connectivity index (χ1v) is 9.29. The molecule has 27 heavy (non-hydrogen) atoms. The Bertz CT molecular complexity index is 808. The molecular formula is C23H24N4. The molecule has 1 aliphatic rings. The molecule has 3 aromatic carbocycles. The van der Waals surface area contributed by atoms with E-state index < -0.39 is 0 Å². The molecule has 0 unspecified atom stereocenters. The molecule has 0 radical (unpaired) electrons. The summed E-state index contributed by atoms with van der Waals surface area (Å²) in [5.41, 5.74) is 7.15. The van der Waals surface area contributed by atoms with Crippen LogP contribution in [0.2, 0.25) is 0 Å². The van der Waals surface area contributed by atoms with Gasteiger partial charge in [0.15, 0.2) is 6.29 Å². The average Bonchev–Trinajstić information content (AvgIpc) is 3.18. The highest BCUT2D eigenvalue weighted by Gasteiger charge is 2.28. The molecular weight excluding hydrogens is 332 g/mol. The van der Waals surface area contributed by atoms with Crippen molar-refractivity contribution in [2.24, 2.45) is 4.99 Å². The number of hydrazine groups is 1. The molecule has 0 aliphatic carbocycles. The van der Waals surface area contributed by atoms with Crippen LogP contribution in [0.1, 0.15) is 16.7 Å². The lowest BCUT2D eigenvalue weighted by atomic mass is 10.1. The van der Waals surface area contributed by atoms with E-state index in [2.05, 4.69) is 100 Å². The maximum atomic E-state index is 4.72. The number of hydrogen-bond acceptors (Lipinski definition) is 4. The normalized spacial score (nSPS) is 16.6. The summed E-state index contributed by atoms with van der Waals surface area (Å²) in [4.78, 5) is 7.11. The lowest BCUT2D eigenvalue weighted by Crippen LogP contribution is -2.47. The van der Waals surface area contributed by atoms with Crippen molar-refractivity contribution in [2.75, 3.05) is 0 Å². The monoisotopic (exact) mass is 356 g/mol. The number of benzene rings is 3. The van der Waals surface area contributed by atoms with Gasteiger partial charge in [0.25, 0.3) is 0 Å². The number of aliphatic imine (C=N–C) groups is 1. The zero-order chi connectivity index (χ0) is 18.3. The first-order chi connectivity index (χ1) is 13.4. The molecule has 136 valence electrons. The summed E-state index contributed by atoms with van der Waals surface area (Å²) in [6.07, 6.45) is 1.75. The van der Waals surface area contributed by atoms with Crippen molar-refractivity contribution in [2.45, 2.75) is 25.9 Å². The lowest BCUT2D eigenvalue weighted by molar-refractivity contribution is 0.0263. The van der Waals surface area contributed by atoms with Gasteiger partial charge >= 0.3 is 0 Å². The van der Waals surface area contributed by atoms with Gasteiger partial charge in [-0.2, -0.15) is 5.01 Å². The van der Waals surface area contributed by atoms with Gasteiger partial charge in [0.05, 0.1) is 0 Å². The van der Waals surface area contributed by atoms with Gasteiger partial charge in [-0.05, 0) is 16.7 Å². The van der Waals surface area contributed by atoms with E-state index in [0.29, 0.717) is 0 Å². The highest BCUT2D eigenvalue weighted by atomic mass is 15.7. The minimum atomic E-state index is -0.0504. The molecule has 1 N–H and O–H groups in total. The molecule has 4 heteroatoms. The van der Waals surface area contributed by atoms with E-state index in [9.17, 15) is 0 Å². The fourth-order valence-corrected chi connectivity index (χ4v) is 3.38. The smallest absolute Gasteiger partial charge is 0.177 e. The molecule has 0 saturated heterocycles. The summed E-state index contributed by atoms with van der Waals surface area (Å²) in [6.45, 7) is 2.47. The largest absolute Gasteiger partial charge is 0.306 e. The van der Waals surface area contributed by atoms with Crippen LogP contribution in [0, 0.1) is 0 Å². The van der Waals surface area contributed by atoms with E-state index in [-0.39, 0.29) is 6.29 Å². The number of hydrogen-bond donors (Lipinski definition) is 1. The van der Waals surface area contributed by atoms with Crippen LogP contribution in [0.4, 0.5) is 0 Å². The number of nitrogens with one attached hydrogen (secondary N) is 1. The predicted molar refractivity (Wildman–Crippen MR) is 110 cm³/mol. The third-order valence-corrected chi connectivity index (χ3v) is 4.69. The fourth-order valence-electron chi connectivity index (χ4n) is 3.38. The van der Waals surface area contributed by atoms with Crippen LogP contribution in [-0.2, 0) is 19.6 Å². The first kappa shape index (κ1) is 17.5. The van der Waals surface area contributed by atoms with Gasteiger partial charge in [0.2, 0.25) is 0 Å². The molecule has 0 aromatic heterocycles. The first-order valence-electron chi connectivity index (χ1n) is 9.29.